The summed E-state index contributed by atoms with van der Waals surface area (Å²) in [5.74, 6) is -0.457. The van der Waals surface area contributed by atoms with Crippen molar-refractivity contribution in [3.05, 3.63) is 35.9 Å². The smallest absolute Gasteiger partial charge is 0.413 e. The van der Waals surface area contributed by atoms with Crippen LogP contribution in [-0.4, -0.2) is 29.7 Å². The first-order valence-corrected chi connectivity index (χ1v) is 7.14. The average Bonchev–Trinajstić information content (AvgIpc) is 2.48. The van der Waals surface area contributed by atoms with Crippen LogP contribution < -0.4 is 0 Å². The van der Waals surface area contributed by atoms with Gasteiger partial charge in [-0.2, -0.15) is 0 Å². The molecule has 1 heterocycles. The molecule has 1 aromatic rings. The molecule has 1 saturated heterocycles. The van der Waals surface area contributed by atoms with Crippen LogP contribution in [0.3, 0.4) is 0 Å². The lowest BCUT2D eigenvalue weighted by Gasteiger charge is -2.39. The Morgan fingerprint density at radius 3 is 2.67 bits per heavy atom. The maximum Gasteiger partial charge on any atom is 0.413 e. The van der Waals surface area contributed by atoms with Crippen LogP contribution in [0.1, 0.15) is 26.3 Å². The number of rotatable bonds is 3. The predicted octanol–water partition coefficient (Wildman–Crippen LogP) is 2.80. The molecule has 5 heteroatoms. The number of hydrogen-bond acceptors (Lipinski definition) is 4. The largest absolute Gasteiger partial charge is 0.444 e. The highest BCUT2D eigenvalue weighted by Gasteiger charge is 2.40. The van der Waals surface area contributed by atoms with E-state index in [0.29, 0.717) is 0 Å². The molecule has 1 amide bonds. The summed E-state index contributed by atoms with van der Waals surface area (Å²) >= 11 is 0. The quantitative estimate of drug-likeness (QED) is 0.804. The number of carbonyl (C=O) groups excluding carboxylic acids is 2. The van der Waals surface area contributed by atoms with E-state index in [-0.39, 0.29) is 37.2 Å². The molecule has 0 radical (unpaired) electrons. The van der Waals surface area contributed by atoms with Crippen LogP contribution in [0.25, 0.3) is 0 Å². The number of carbonyl (C=O) groups is 2. The van der Waals surface area contributed by atoms with Crippen LogP contribution in [0, 0.1) is 11.8 Å². The molecule has 114 valence electrons. The second-order valence-corrected chi connectivity index (χ2v) is 5.63. The van der Waals surface area contributed by atoms with Gasteiger partial charge in [0.2, 0.25) is 0 Å². The molecule has 0 aromatic heterocycles. The Morgan fingerprint density at radius 2 is 2.05 bits per heavy atom. The minimum atomic E-state index is -0.447. The summed E-state index contributed by atoms with van der Waals surface area (Å²) in [6, 6.07) is 9.29. The van der Waals surface area contributed by atoms with E-state index >= 15 is 0 Å². The third-order valence-corrected chi connectivity index (χ3v) is 3.71. The minimum Gasteiger partial charge on any atom is -0.444 e. The zero-order valence-electron chi connectivity index (χ0n) is 12.6. The summed E-state index contributed by atoms with van der Waals surface area (Å²) in [6.45, 7) is 5.92. The maximum absolute atomic E-state index is 12.3. The SMILES string of the molecule is CC(C)[C@H]1[C@H](C)C(=O)OCN1C(=O)OCc1ccccc1. The summed E-state index contributed by atoms with van der Waals surface area (Å²) in [7, 11) is 0. The first-order chi connectivity index (χ1) is 10.0. The molecule has 1 aromatic carbocycles. The summed E-state index contributed by atoms with van der Waals surface area (Å²) in [5.41, 5.74) is 0.925. The Kier molecular flexibility index (Phi) is 4.83. The van der Waals surface area contributed by atoms with Gasteiger partial charge in [0, 0.05) is 0 Å². The van der Waals surface area contributed by atoms with Gasteiger partial charge in [-0.3, -0.25) is 9.69 Å². The number of nitrogens with zero attached hydrogens (tertiary/aromatic N) is 1. The monoisotopic (exact) mass is 291 g/mol. The highest BCUT2D eigenvalue weighted by molar-refractivity contribution is 5.77. The van der Waals surface area contributed by atoms with Gasteiger partial charge in [0.05, 0.1) is 12.0 Å². The first-order valence-electron chi connectivity index (χ1n) is 7.14. The highest BCUT2D eigenvalue weighted by Crippen LogP contribution is 2.26. The summed E-state index contributed by atoms with van der Waals surface area (Å²) in [6.07, 6.45) is -0.447. The zero-order chi connectivity index (χ0) is 15.4. The van der Waals surface area contributed by atoms with E-state index in [9.17, 15) is 9.59 Å². The minimum absolute atomic E-state index is 0.0420. The second kappa shape index (κ2) is 6.61. The normalized spacial score (nSPS) is 22.1. The maximum atomic E-state index is 12.3. The van der Waals surface area contributed by atoms with Gasteiger partial charge in [0.25, 0.3) is 0 Å². The van der Waals surface area contributed by atoms with Gasteiger partial charge in [0.1, 0.15) is 6.61 Å². The van der Waals surface area contributed by atoms with Crippen molar-refractivity contribution >= 4 is 12.1 Å². The molecule has 2 atom stereocenters. The zero-order valence-corrected chi connectivity index (χ0v) is 12.6. The number of cyclic esters (lactones) is 1. The van der Waals surface area contributed by atoms with Crippen molar-refractivity contribution in [1.29, 1.82) is 0 Å². The van der Waals surface area contributed by atoms with E-state index in [1.54, 1.807) is 6.92 Å². The number of hydrogen-bond donors (Lipinski definition) is 0. The van der Waals surface area contributed by atoms with Gasteiger partial charge in [-0.15, -0.1) is 0 Å². The van der Waals surface area contributed by atoms with Crippen LogP contribution in [0.15, 0.2) is 30.3 Å². The Balaban J connectivity index is 2.01. The van der Waals surface area contributed by atoms with E-state index in [4.69, 9.17) is 9.47 Å². The molecule has 0 spiro atoms. The molecule has 1 aliphatic rings. The van der Waals surface area contributed by atoms with Gasteiger partial charge in [-0.25, -0.2) is 4.79 Å². The molecule has 0 saturated carbocycles. The van der Waals surface area contributed by atoms with E-state index in [1.807, 2.05) is 44.2 Å². The number of amides is 1. The van der Waals surface area contributed by atoms with Gasteiger partial charge < -0.3 is 9.47 Å². The molecule has 0 unspecified atom stereocenters. The molecule has 21 heavy (non-hydrogen) atoms. The molecule has 5 nitrogen and oxygen atoms in total. The number of ether oxygens (including phenoxy) is 2. The van der Waals surface area contributed by atoms with Crippen molar-refractivity contribution in [2.75, 3.05) is 6.73 Å². The Hall–Kier alpha value is -2.04. The van der Waals surface area contributed by atoms with Crippen LogP contribution in [0.5, 0.6) is 0 Å². The Bertz CT molecular complexity index is 500. The third kappa shape index (κ3) is 3.54. The van der Waals surface area contributed by atoms with Crippen LogP contribution in [0.2, 0.25) is 0 Å². The fourth-order valence-electron chi connectivity index (χ4n) is 2.67. The summed E-state index contributed by atoms with van der Waals surface area (Å²) < 4.78 is 10.4. The van der Waals surface area contributed by atoms with Crippen molar-refractivity contribution in [3.8, 4) is 0 Å². The van der Waals surface area contributed by atoms with Crippen LogP contribution in [0.4, 0.5) is 4.79 Å². The molecule has 0 N–H and O–H groups in total. The third-order valence-electron chi connectivity index (χ3n) is 3.71. The lowest BCUT2D eigenvalue weighted by molar-refractivity contribution is -0.167. The topological polar surface area (TPSA) is 55.8 Å². The van der Waals surface area contributed by atoms with Gasteiger partial charge in [-0.1, -0.05) is 44.2 Å². The first kappa shape index (κ1) is 15.4. The van der Waals surface area contributed by atoms with Crippen molar-refractivity contribution in [3.63, 3.8) is 0 Å². The Morgan fingerprint density at radius 1 is 1.38 bits per heavy atom. The van der Waals surface area contributed by atoms with Crippen molar-refractivity contribution in [1.82, 2.24) is 4.90 Å². The highest BCUT2D eigenvalue weighted by atomic mass is 16.6. The fourth-order valence-corrected chi connectivity index (χ4v) is 2.67. The standard InChI is InChI=1S/C16H21NO4/c1-11(2)14-12(3)15(18)21-10-17(14)16(19)20-9-13-7-5-4-6-8-13/h4-8,11-12,14H,9-10H2,1-3H3/t12-,14-/m0/s1. The molecule has 0 bridgehead atoms. The molecule has 1 aliphatic heterocycles. The van der Waals surface area contributed by atoms with Crippen LogP contribution in [-0.2, 0) is 20.9 Å². The molecule has 1 fully saturated rings. The van der Waals surface area contributed by atoms with E-state index in [2.05, 4.69) is 0 Å². The van der Waals surface area contributed by atoms with Crippen molar-refractivity contribution in [2.45, 2.75) is 33.4 Å². The van der Waals surface area contributed by atoms with Gasteiger partial charge in [-0.05, 0) is 18.4 Å². The number of esters is 1. The number of benzene rings is 1. The lowest BCUT2D eigenvalue weighted by Crippen LogP contribution is -2.54. The van der Waals surface area contributed by atoms with E-state index < -0.39 is 6.09 Å². The van der Waals surface area contributed by atoms with Crippen LogP contribution >= 0.6 is 0 Å². The molecular formula is C16H21NO4. The fraction of sp³-hybridized carbons (Fsp3) is 0.500. The Labute approximate surface area is 124 Å². The predicted molar refractivity (Wildman–Crippen MR) is 77.2 cm³/mol. The summed E-state index contributed by atoms with van der Waals surface area (Å²) in [4.78, 5) is 25.4. The molecule has 0 aliphatic carbocycles. The van der Waals surface area contributed by atoms with Gasteiger partial charge >= 0.3 is 12.1 Å². The van der Waals surface area contributed by atoms with Crippen molar-refractivity contribution < 1.29 is 19.1 Å². The molecule has 2 rings (SSSR count). The molecular weight excluding hydrogens is 270 g/mol. The lowest BCUT2D eigenvalue weighted by atomic mass is 9.90. The average molecular weight is 291 g/mol. The van der Waals surface area contributed by atoms with E-state index in [0.717, 1.165) is 5.56 Å². The van der Waals surface area contributed by atoms with E-state index in [1.165, 1.54) is 4.90 Å². The second-order valence-electron chi connectivity index (χ2n) is 5.63. The summed E-state index contributed by atoms with van der Waals surface area (Å²) in [5, 5.41) is 0. The van der Waals surface area contributed by atoms with Gasteiger partial charge in [0.15, 0.2) is 6.73 Å². The van der Waals surface area contributed by atoms with Crippen molar-refractivity contribution in [2.24, 2.45) is 11.8 Å².